The van der Waals surface area contributed by atoms with E-state index in [1.165, 1.54) is 6.07 Å². The lowest BCUT2D eigenvalue weighted by Crippen LogP contribution is -2.39. The number of nitrogens with zero attached hydrogens (tertiary/aromatic N) is 3. The van der Waals surface area contributed by atoms with Gasteiger partial charge in [0.25, 0.3) is 0 Å². The minimum Gasteiger partial charge on any atom is -0.508 e. The van der Waals surface area contributed by atoms with Gasteiger partial charge in [-0.25, -0.2) is 5.06 Å². The molecule has 0 aromatic heterocycles. The number of rotatable bonds is 8. The molecule has 3 aromatic carbocycles. The molecular formula is C27H28ClN3O3. The Labute approximate surface area is 204 Å². The van der Waals surface area contributed by atoms with Crippen LogP contribution >= 0.6 is 11.6 Å². The molecule has 3 N–H and O–H groups in total. The number of phenolic OH excluding ortho intramolecular Hbond substituents is 2. The lowest BCUT2D eigenvalue weighted by molar-refractivity contribution is -0.0352. The molecule has 1 aliphatic rings. The minimum atomic E-state index is -0.833. The molecule has 0 spiro atoms. The molecule has 0 unspecified atom stereocenters. The summed E-state index contributed by atoms with van der Waals surface area (Å²) in [7, 11) is 0. The first-order chi connectivity index (χ1) is 16.5. The first-order valence-electron chi connectivity index (χ1n) is 11.5. The molecule has 0 saturated carbocycles. The highest BCUT2D eigenvalue weighted by Gasteiger charge is 2.35. The van der Waals surface area contributed by atoms with Crippen LogP contribution in [0.4, 0.5) is 0 Å². The first kappa shape index (κ1) is 23.8. The summed E-state index contributed by atoms with van der Waals surface area (Å²) < 4.78 is 0. The molecule has 0 amide bonds. The number of benzene rings is 3. The molecule has 1 atom stereocenters. The van der Waals surface area contributed by atoms with E-state index >= 15 is 0 Å². The number of amidine groups is 1. The molecule has 6 nitrogen and oxygen atoms in total. The SMILES string of the molecule is CCCCCCc1cc([C@@H]2C(c3ccccc3)=NN=C(c3ccc(Cl)cc3)N2O)c(O)cc1O. The van der Waals surface area contributed by atoms with Crippen molar-refractivity contribution in [2.45, 2.75) is 45.1 Å². The van der Waals surface area contributed by atoms with Crippen molar-refractivity contribution in [1.29, 1.82) is 0 Å². The van der Waals surface area contributed by atoms with Gasteiger partial charge in [-0.15, -0.1) is 5.10 Å². The summed E-state index contributed by atoms with van der Waals surface area (Å²) in [6.45, 7) is 2.15. The molecular weight excluding hydrogens is 450 g/mol. The second-order valence-corrected chi connectivity index (χ2v) is 8.82. The lowest BCUT2D eigenvalue weighted by atomic mass is 9.92. The Hall–Kier alpha value is -3.35. The third kappa shape index (κ3) is 5.08. The van der Waals surface area contributed by atoms with Crippen LogP contribution in [0, 0.1) is 0 Å². The first-order valence-corrected chi connectivity index (χ1v) is 11.9. The van der Waals surface area contributed by atoms with E-state index in [1.807, 2.05) is 30.3 Å². The van der Waals surface area contributed by atoms with Crippen LogP contribution in [0.3, 0.4) is 0 Å². The van der Waals surface area contributed by atoms with Crippen LogP contribution in [0.5, 0.6) is 11.5 Å². The topological polar surface area (TPSA) is 88.7 Å². The van der Waals surface area contributed by atoms with E-state index in [-0.39, 0.29) is 17.3 Å². The highest BCUT2D eigenvalue weighted by Crippen LogP contribution is 2.38. The summed E-state index contributed by atoms with van der Waals surface area (Å²) in [5, 5.41) is 43.0. The Morgan fingerprint density at radius 1 is 0.853 bits per heavy atom. The Bertz CT molecular complexity index is 1190. The van der Waals surface area contributed by atoms with Crippen LogP contribution in [0.2, 0.25) is 5.02 Å². The van der Waals surface area contributed by atoms with Gasteiger partial charge >= 0.3 is 0 Å². The molecule has 0 fully saturated rings. The van der Waals surface area contributed by atoms with E-state index in [0.29, 0.717) is 28.3 Å². The van der Waals surface area contributed by atoms with Crippen LogP contribution in [0.1, 0.15) is 60.9 Å². The van der Waals surface area contributed by atoms with Crippen molar-refractivity contribution in [3.8, 4) is 11.5 Å². The van der Waals surface area contributed by atoms with Gasteiger partial charge < -0.3 is 10.2 Å². The number of hydrogen-bond donors (Lipinski definition) is 3. The predicted octanol–water partition coefficient (Wildman–Crippen LogP) is 6.47. The normalized spacial score (nSPS) is 15.7. The third-order valence-electron chi connectivity index (χ3n) is 5.97. The Kier molecular flexibility index (Phi) is 7.50. The van der Waals surface area contributed by atoms with Crippen molar-refractivity contribution < 1.29 is 15.4 Å². The number of unbranched alkanes of at least 4 members (excludes halogenated alkanes) is 3. The van der Waals surface area contributed by atoms with Gasteiger partial charge in [0.1, 0.15) is 23.3 Å². The third-order valence-corrected chi connectivity index (χ3v) is 6.22. The van der Waals surface area contributed by atoms with Crippen molar-refractivity contribution >= 4 is 23.1 Å². The largest absolute Gasteiger partial charge is 0.508 e. The van der Waals surface area contributed by atoms with Gasteiger partial charge in [0.15, 0.2) is 5.84 Å². The Morgan fingerprint density at radius 2 is 1.59 bits per heavy atom. The van der Waals surface area contributed by atoms with Crippen molar-refractivity contribution in [2.75, 3.05) is 0 Å². The van der Waals surface area contributed by atoms with Gasteiger partial charge in [0, 0.05) is 27.8 Å². The van der Waals surface area contributed by atoms with Gasteiger partial charge in [-0.3, -0.25) is 5.21 Å². The maximum absolute atomic E-state index is 11.4. The molecule has 1 heterocycles. The van der Waals surface area contributed by atoms with Gasteiger partial charge in [0.2, 0.25) is 0 Å². The zero-order valence-electron chi connectivity index (χ0n) is 19.0. The van der Waals surface area contributed by atoms with Crippen LogP contribution in [0.25, 0.3) is 0 Å². The van der Waals surface area contributed by atoms with Gasteiger partial charge in [0.05, 0.1) is 0 Å². The molecule has 7 heteroatoms. The molecule has 0 aliphatic carbocycles. The number of aromatic hydroxyl groups is 2. The van der Waals surface area contributed by atoms with Gasteiger partial charge in [-0.1, -0.05) is 68.1 Å². The van der Waals surface area contributed by atoms with E-state index in [9.17, 15) is 15.4 Å². The lowest BCUT2D eigenvalue weighted by Gasteiger charge is -2.32. The van der Waals surface area contributed by atoms with Crippen molar-refractivity contribution in [3.05, 3.63) is 94.0 Å². The highest BCUT2D eigenvalue weighted by molar-refractivity contribution is 6.30. The fourth-order valence-electron chi connectivity index (χ4n) is 4.13. The summed E-state index contributed by atoms with van der Waals surface area (Å²) in [5.74, 6) is 0.154. The minimum absolute atomic E-state index is 0.0443. The van der Waals surface area contributed by atoms with Crippen molar-refractivity contribution in [1.82, 2.24) is 5.06 Å². The summed E-state index contributed by atoms with van der Waals surface area (Å²) in [5.41, 5.74) is 3.04. The number of phenols is 2. The zero-order chi connectivity index (χ0) is 24.1. The van der Waals surface area contributed by atoms with Crippen LogP contribution in [-0.2, 0) is 6.42 Å². The monoisotopic (exact) mass is 477 g/mol. The summed E-state index contributed by atoms with van der Waals surface area (Å²) in [6.07, 6.45) is 4.91. The van der Waals surface area contributed by atoms with E-state index in [4.69, 9.17) is 11.6 Å². The average Bonchev–Trinajstić information content (AvgIpc) is 2.84. The van der Waals surface area contributed by atoms with Crippen molar-refractivity contribution in [2.24, 2.45) is 10.2 Å². The maximum Gasteiger partial charge on any atom is 0.182 e. The summed E-state index contributed by atoms with van der Waals surface area (Å²) >= 11 is 6.03. The number of halogens is 1. The van der Waals surface area contributed by atoms with E-state index in [2.05, 4.69) is 17.1 Å². The van der Waals surface area contributed by atoms with Crippen LogP contribution < -0.4 is 0 Å². The second-order valence-electron chi connectivity index (χ2n) is 8.38. The fourth-order valence-corrected chi connectivity index (χ4v) is 4.26. The van der Waals surface area contributed by atoms with Gasteiger partial charge in [-0.05, 0) is 48.7 Å². The van der Waals surface area contributed by atoms with Gasteiger partial charge in [-0.2, -0.15) is 5.10 Å². The average molecular weight is 478 g/mol. The summed E-state index contributed by atoms with van der Waals surface area (Å²) in [4.78, 5) is 0. The van der Waals surface area contributed by atoms with Crippen molar-refractivity contribution in [3.63, 3.8) is 0 Å². The molecule has 3 aromatic rings. The standard InChI is InChI=1S/C27H28ClN3O3/c1-2-3-4-6-11-20-16-22(24(33)17-23(20)32)26-25(18-9-7-5-8-10-18)29-30-27(31(26)34)19-12-14-21(28)15-13-19/h5,7-10,12-17,26,32-34H,2-4,6,11H2,1H3/t26-/m1/s1. The fraction of sp³-hybridized carbons (Fsp3) is 0.259. The number of aryl methyl sites for hydroxylation is 1. The zero-order valence-corrected chi connectivity index (χ0v) is 19.8. The van der Waals surface area contributed by atoms with Crippen LogP contribution in [-0.4, -0.2) is 32.0 Å². The highest BCUT2D eigenvalue weighted by atomic mass is 35.5. The predicted molar refractivity (Wildman–Crippen MR) is 135 cm³/mol. The smallest absolute Gasteiger partial charge is 0.182 e. The Balaban J connectivity index is 1.78. The van der Waals surface area contributed by atoms with E-state index < -0.39 is 6.04 Å². The molecule has 0 radical (unpaired) electrons. The van der Waals surface area contributed by atoms with E-state index in [0.717, 1.165) is 41.9 Å². The Morgan fingerprint density at radius 3 is 2.29 bits per heavy atom. The molecule has 0 saturated heterocycles. The molecule has 34 heavy (non-hydrogen) atoms. The molecule has 1 aliphatic heterocycles. The van der Waals surface area contributed by atoms with E-state index in [1.54, 1.807) is 30.3 Å². The van der Waals surface area contributed by atoms with Crippen LogP contribution in [0.15, 0.2) is 76.9 Å². The molecule has 0 bridgehead atoms. The second kappa shape index (κ2) is 10.7. The number of hydrogen-bond acceptors (Lipinski definition) is 6. The maximum atomic E-state index is 11.4. The molecule has 4 rings (SSSR count). The number of hydroxylamine groups is 2. The molecule has 176 valence electrons. The summed E-state index contributed by atoms with van der Waals surface area (Å²) in [6, 6.07) is 18.6. The quantitative estimate of drug-likeness (QED) is 0.324.